The molecule has 0 unspecified atom stereocenters. The van der Waals surface area contributed by atoms with Gasteiger partial charge in [0.1, 0.15) is 23.1 Å². The molecule has 0 bridgehead atoms. The molecule has 3 aromatic rings. The van der Waals surface area contributed by atoms with Crippen molar-refractivity contribution in [3.63, 3.8) is 0 Å². The number of fused-ring (bicyclic) bond motifs is 1. The molecule has 5 nitrogen and oxygen atoms in total. The summed E-state index contributed by atoms with van der Waals surface area (Å²) in [7, 11) is 1.72. The Morgan fingerprint density at radius 2 is 1.83 bits per heavy atom. The topological polar surface area (TPSA) is 58.4 Å². The molecule has 0 fully saturated rings. The Labute approximate surface area is 206 Å². The minimum atomic E-state index is -1.69. The fourth-order valence-corrected chi connectivity index (χ4v) is 4.85. The zero-order valence-electron chi connectivity index (χ0n) is 20.4. The van der Waals surface area contributed by atoms with Gasteiger partial charge in [-0.05, 0) is 74.2 Å². The average Bonchev–Trinajstić information content (AvgIpc) is 3.19. The summed E-state index contributed by atoms with van der Waals surface area (Å²) in [5.74, 6) is -3.69. The maximum atomic E-state index is 15.4. The summed E-state index contributed by atoms with van der Waals surface area (Å²) in [6, 6.07) is 3.59. The van der Waals surface area contributed by atoms with Crippen LogP contribution in [0.4, 0.5) is 17.6 Å². The van der Waals surface area contributed by atoms with Crippen molar-refractivity contribution in [2.45, 2.75) is 44.9 Å². The zero-order chi connectivity index (χ0) is 26.4. The highest BCUT2D eigenvalue weighted by Gasteiger charge is 2.39. The third kappa shape index (κ3) is 5.21. The van der Waals surface area contributed by atoms with Crippen LogP contribution in [0.5, 0.6) is 0 Å². The second-order valence-electron chi connectivity index (χ2n) is 9.85. The molecule has 0 spiro atoms. The summed E-state index contributed by atoms with van der Waals surface area (Å²) in [4.78, 5) is 12.5. The van der Waals surface area contributed by atoms with E-state index < -0.39 is 35.1 Å². The van der Waals surface area contributed by atoms with Crippen LogP contribution in [0.1, 0.15) is 49.1 Å². The van der Waals surface area contributed by atoms with Gasteiger partial charge in [-0.25, -0.2) is 22.4 Å². The molecule has 0 saturated carbocycles. The van der Waals surface area contributed by atoms with Gasteiger partial charge in [0, 0.05) is 48.6 Å². The lowest BCUT2D eigenvalue weighted by molar-refractivity contribution is -0.131. The van der Waals surface area contributed by atoms with Crippen molar-refractivity contribution in [2.24, 2.45) is 7.05 Å². The first-order chi connectivity index (χ1) is 16.8. The van der Waals surface area contributed by atoms with E-state index in [0.717, 1.165) is 24.3 Å². The summed E-state index contributed by atoms with van der Waals surface area (Å²) in [5.41, 5.74) is -0.0504. The van der Waals surface area contributed by atoms with Crippen LogP contribution in [0.25, 0.3) is 17.2 Å². The molecule has 2 aromatic carbocycles. The Kier molecular flexibility index (Phi) is 6.79. The minimum Gasteiger partial charge on any atom is -0.478 e. The fourth-order valence-electron chi connectivity index (χ4n) is 4.85. The molecule has 1 aliphatic rings. The molecule has 1 aliphatic heterocycles. The number of alkyl halides is 1. The first-order valence-corrected chi connectivity index (χ1v) is 11.5. The molecule has 190 valence electrons. The lowest BCUT2D eigenvalue weighted by Crippen LogP contribution is -2.48. The van der Waals surface area contributed by atoms with E-state index in [2.05, 4.69) is 5.10 Å². The largest absolute Gasteiger partial charge is 0.478 e. The Balaban J connectivity index is 1.90. The highest BCUT2D eigenvalue weighted by atomic mass is 19.1. The molecule has 0 radical (unpaired) electrons. The van der Waals surface area contributed by atoms with Crippen molar-refractivity contribution in [1.29, 1.82) is 0 Å². The Morgan fingerprint density at radius 1 is 1.17 bits per heavy atom. The summed E-state index contributed by atoms with van der Waals surface area (Å²) in [6.07, 6.45) is 5.50. The number of hydrogen-bond acceptors (Lipinski definition) is 3. The lowest BCUT2D eigenvalue weighted by atomic mass is 9.82. The first kappa shape index (κ1) is 25.6. The molecular formula is C27H27F4N3O2. The zero-order valence-corrected chi connectivity index (χ0v) is 20.4. The van der Waals surface area contributed by atoms with E-state index in [4.69, 9.17) is 5.11 Å². The van der Waals surface area contributed by atoms with Crippen LogP contribution < -0.4 is 0 Å². The van der Waals surface area contributed by atoms with E-state index in [1.807, 2.05) is 6.92 Å². The van der Waals surface area contributed by atoms with Gasteiger partial charge in [0.25, 0.3) is 0 Å². The predicted octanol–water partition coefficient (Wildman–Crippen LogP) is 5.69. The number of aliphatic carboxylic acids is 1. The van der Waals surface area contributed by atoms with E-state index in [1.54, 1.807) is 28.9 Å². The monoisotopic (exact) mass is 501 g/mol. The fraction of sp³-hybridized carbons (Fsp3) is 0.333. The number of carbonyl (C=O) groups is 1. The third-order valence-corrected chi connectivity index (χ3v) is 6.30. The summed E-state index contributed by atoms with van der Waals surface area (Å²) in [5, 5.41) is 12.9. The van der Waals surface area contributed by atoms with Crippen molar-refractivity contribution >= 4 is 12.0 Å². The maximum Gasteiger partial charge on any atom is 0.328 e. The van der Waals surface area contributed by atoms with Gasteiger partial charge in [-0.1, -0.05) is 0 Å². The van der Waals surface area contributed by atoms with Crippen LogP contribution in [-0.2, 0) is 18.3 Å². The number of aryl methyl sites for hydroxylation is 1. The van der Waals surface area contributed by atoms with Crippen LogP contribution in [0.2, 0.25) is 0 Å². The quantitative estimate of drug-likeness (QED) is 0.349. The van der Waals surface area contributed by atoms with Crippen LogP contribution in [0.3, 0.4) is 0 Å². The van der Waals surface area contributed by atoms with E-state index in [9.17, 15) is 9.18 Å². The van der Waals surface area contributed by atoms with E-state index >= 15 is 13.2 Å². The van der Waals surface area contributed by atoms with Gasteiger partial charge in [0.05, 0.1) is 12.2 Å². The molecule has 1 aromatic heterocycles. The van der Waals surface area contributed by atoms with E-state index in [-0.39, 0.29) is 23.7 Å². The Hall–Kier alpha value is -3.46. The molecular weight excluding hydrogens is 474 g/mol. The molecule has 4 rings (SSSR count). The van der Waals surface area contributed by atoms with Gasteiger partial charge < -0.3 is 5.11 Å². The lowest BCUT2D eigenvalue weighted by Gasteiger charge is -2.44. The summed E-state index contributed by atoms with van der Waals surface area (Å²) in [6.45, 7) is 4.47. The van der Waals surface area contributed by atoms with Crippen molar-refractivity contribution < 1.29 is 27.5 Å². The number of carboxylic acids is 1. The number of benzene rings is 2. The number of carboxylic acid groups (broad SMARTS) is 1. The Bertz CT molecular complexity index is 1320. The van der Waals surface area contributed by atoms with Crippen molar-refractivity contribution in [3.8, 4) is 11.1 Å². The maximum absolute atomic E-state index is 15.4. The normalized spacial score (nSPS) is 18.6. The highest BCUT2D eigenvalue weighted by molar-refractivity contribution is 5.85. The Morgan fingerprint density at radius 3 is 2.39 bits per heavy atom. The number of hydrogen-bond donors (Lipinski definition) is 1. The van der Waals surface area contributed by atoms with E-state index in [0.29, 0.717) is 28.7 Å². The second-order valence-corrected chi connectivity index (χ2v) is 9.85. The average molecular weight is 502 g/mol. The van der Waals surface area contributed by atoms with Gasteiger partial charge in [0.2, 0.25) is 0 Å². The molecule has 0 aliphatic carbocycles. The van der Waals surface area contributed by atoms with Crippen molar-refractivity contribution in [3.05, 3.63) is 82.4 Å². The molecule has 1 N–H and O–H groups in total. The van der Waals surface area contributed by atoms with Gasteiger partial charge in [-0.3, -0.25) is 9.58 Å². The highest BCUT2D eigenvalue weighted by Crippen LogP contribution is 2.43. The summed E-state index contributed by atoms with van der Waals surface area (Å²) >= 11 is 0. The van der Waals surface area contributed by atoms with Crippen molar-refractivity contribution in [2.75, 3.05) is 6.54 Å². The molecule has 2 heterocycles. The number of rotatable bonds is 6. The van der Waals surface area contributed by atoms with Crippen LogP contribution >= 0.6 is 0 Å². The van der Waals surface area contributed by atoms with E-state index in [1.165, 1.54) is 26.1 Å². The number of halogens is 4. The molecule has 36 heavy (non-hydrogen) atoms. The van der Waals surface area contributed by atoms with Crippen LogP contribution in [-0.4, -0.2) is 44.0 Å². The SMILES string of the molecule is C[C@H]1Cc2cc(-c3cnn(C)c3)c(F)cc2[C@H](c2c(F)cc(/C=C/C(=O)O)cc2F)N1CC(C)(C)F. The van der Waals surface area contributed by atoms with Gasteiger partial charge in [0.15, 0.2) is 0 Å². The molecule has 9 heteroatoms. The first-order valence-electron chi connectivity index (χ1n) is 11.5. The minimum absolute atomic E-state index is 0.0238. The van der Waals surface area contributed by atoms with Gasteiger partial charge in [-0.15, -0.1) is 0 Å². The van der Waals surface area contributed by atoms with Gasteiger partial charge >= 0.3 is 5.97 Å². The van der Waals surface area contributed by atoms with Gasteiger partial charge in [-0.2, -0.15) is 5.10 Å². The van der Waals surface area contributed by atoms with Crippen LogP contribution in [0, 0.1) is 17.5 Å². The standard InChI is InChI=1S/C27H27F4N3O2/c1-15-7-17-10-19(18-12-32-33(4)13-18)21(28)11-20(17)26(34(15)14-27(2,3)31)25-22(29)8-16(9-23(25)30)5-6-24(35)36/h5-6,8-13,15,26H,7,14H2,1-4H3,(H,35,36)/b6-5+/t15-,26+/m0/s1. The third-order valence-electron chi connectivity index (χ3n) is 6.30. The van der Waals surface area contributed by atoms with Crippen LogP contribution in [0.15, 0.2) is 42.7 Å². The van der Waals surface area contributed by atoms with Crippen molar-refractivity contribution in [1.82, 2.24) is 14.7 Å². The number of aromatic nitrogens is 2. The molecule has 2 atom stereocenters. The smallest absolute Gasteiger partial charge is 0.328 e. The molecule has 0 saturated heterocycles. The predicted molar refractivity (Wildman–Crippen MR) is 129 cm³/mol. The molecule has 0 amide bonds. The second kappa shape index (κ2) is 9.54. The summed E-state index contributed by atoms with van der Waals surface area (Å²) < 4.78 is 62.7. The number of nitrogens with zero attached hydrogens (tertiary/aromatic N) is 3.